The predicted molar refractivity (Wildman–Crippen MR) is 105 cm³/mol. The number of hydrogen-bond acceptors (Lipinski definition) is 6. The fourth-order valence-corrected chi connectivity index (χ4v) is 2.82. The van der Waals surface area contributed by atoms with Crippen LogP contribution in [0.3, 0.4) is 0 Å². The Hall–Kier alpha value is -3.67. The summed E-state index contributed by atoms with van der Waals surface area (Å²) < 4.78 is 16.2. The van der Waals surface area contributed by atoms with Crippen molar-refractivity contribution in [3.63, 3.8) is 0 Å². The lowest BCUT2D eigenvalue weighted by atomic mass is 9.99. The van der Waals surface area contributed by atoms with Gasteiger partial charge in [0.15, 0.2) is 12.2 Å². The van der Waals surface area contributed by atoms with E-state index in [0.29, 0.717) is 16.7 Å². The molecule has 0 saturated carbocycles. The molecule has 0 heterocycles. The van der Waals surface area contributed by atoms with E-state index in [4.69, 9.17) is 14.2 Å². The number of esters is 3. The van der Waals surface area contributed by atoms with Gasteiger partial charge in [-0.15, -0.1) is 0 Å². The van der Waals surface area contributed by atoms with Crippen LogP contribution in [0, 0.1) is 0 Å². The average Bonchev–Trinajstić information content (AvgIpc) is 2.74. The van der Waals surface area contributed by atoms with Gasteiger partial charge in [-0.2, -0.15) is 0 Å². The molecule has 1 aliphatic rings. The van der Waals surface area contributed by atoms with Crippen molar-refractivity contribution in [3.05, 3.63) is 95.6 Å². The molecule has 2 unspecified atom stereocenters. The molecule has 2 atom stereocenters. The largest absolute Gasteiger partial charge is 0.457 e. The van der Waals surface area contributed by atoms with Gasteiger partial charge in [-0.05, 0) is 30.3 Å². The maximum absolute atomic E-state index is 12.4. The molecule has 0 spiro atoms. The predicted octanol–water partition coefficient (Wildman–Crippen LogP) is 3.50. The number of ether oxygens (including phenoxy) is 3. The van der Waals surface area contributed by atoms with Gasteiger partial charge in [-0.3, -0.25) is 4.79 Å². The highest BCUT2D eigenvalue weighted by atomic mass is 16.6. The van der Waals surface area contributed by atoms with Gasteiger partial charge in [-0.1, -0.05) is 48.6 Å². The molecule has 148 valence electrons. The van der Waals surface area contributed by atoms with Crippen LogP contribution in [0.4, 0.5) is 0 Å². The molecule has 0 fully saturated rings. The summed E-state index contributed by atoms with van der Waals surface area (Å²) >= 11 is 0. The fourth-order valence-electron chi connectivity index (χ4n) is 2.82. The quantitative estimate of drug-likeness (QED) is 0.553. The SMILES string of the molecule is CC(=O)OC1C(COC(=O)c2ccccc2)=CC=CC1OC(=O)c1ccccc1. The summed E-state index contributed by atoms with van der Waals surface area (Å²) in [6, 6.07) is 17.1. The van der Waals surface area contributed by atoms with Gasteiger partial charge in [0.1, 0.15) is 6.61 Å². The minimum Gasteiger partial charge on any atom is -0.457 e. The molecular weight excluding hydrogens is 372 g/mol. The second-order valence-electron chi connectivity index (χ2n) is 6.33. The van der Waals surface area contributed by atoms with E-state index >= 15 is 0 Å². The molecule has 29 heavy (non-hydrogen) atoms. The lowest BCUT2D eigenvalue weighted by Crippen LogP contribution is -2.38. The average molecular weight is 392 g/mol. The monoisotopic (exact) mass is 392 g/mol. The number of allylic oxidation sites excluding steroid dienone is 2. The molecular formula is C23H20O6. The smallest absolute Gasteiger partial charge is 0.338 e. The molecule has 0 aromatic heterocycles. The molecule has 0 bridgehead atoms. The van der Waals surface area contributed by atoms with Crippen molar-refractivity contribution in [1.29, 1.82) is 0 Å². The summed E-state index contributed by atoms with van der Waals surface area (Å²) in [4.78, 5) is 36.2. The van der Waals surface area contributed by atoms with Gasteiger partial charge in [0.2, 0.25) is 0 Å². The Bertz CT molecular complexity index is 930. The standard InChI is InChI=1S/C23H20O6/c1-16(24)28-21-19(15-27-22(25)17-9-4-2-5-10-17)13-8-14-20(21)29-23(26)18-11-6-3-7-12-18/h2-14,20-21H,15H2,1H3. The van der Waals surface area contributed by atoms with Gasteiger partial charge in [0.25, 0.3) is 0 Å². The second-order valence-corrected chi connectivity index (χ2v) is 6.33. The maximum atomic E-state index is 12.4. The van der Waals surface area contributed by atoms with Crippen LogP contribution in [0.5, 0.6) is 0 Å². The molecule has 0 amide bonds. The summed E-state index contributed by atoms with van der Waals surface area (Å²) in [5, 5.41) is 0. The molecule has 0 aliphatic heterocycles. The zero-order valence-electron chi connectivity index (χ0n) is 15.8. The first kappa shape index (κ1) is 20.1. The zero-order chi connectivity index (χ0) is 20.6. The lowest BCUT2D eigenvalue weighted by molar-refractivity contribution is -0.148. The summed E-state index contributed by atoms with van der Waals surface area (Å²) in [7, 11) is 0. The Morgan fingerprint density at radius 3 is 2.00 bits per heavy atom. The number of benzene rings is 2. The molecule has 2 aromatic carbocycles. The third-order valence-corrected chi connectivity index (χ3v) is 4.20. The van der Waals surface area contributed by atoms with Crippen LogP contribution in [0.1, 0.15) is 27.6 Å². The van der Waals surface area contributed by atoms with E-state index in [1.54, 1.807) is 78.9 Å². The van der Waals surface area contributed by atoms with Crippen LogP contribution in [0.25, 0.3) is 0 Å². The van der Waals surface area contributed by atoms with Gasteiger partial charge in [0, 0.05) is 12.5 Å². The minimum absolute atomic E-state index is 0.102. The highest BCUT2D eigenvalue weighted by Gasteiger charge is 2.32. The van der Waals surface area contributed by atoms with Gasteiger partial charge >= 0.3 is 17.9 Å². The van der Waals surface area contributed by atoms with Crippen molar-refractivity contribution in [3.8, 4) is 0 Å². The minimum atomic E-state index is -0.881. The summed E-state index contributed by atoms with van der Waals surface area (Å²) in [5.74, 6) is -1.58. The van der Waals surface area contributed by atoms with Gasteiger partial charge < -0.3 is 14.2 Å². The molecule has 1 aliphatic carbocycles. The van der Waals surface area contributed by atoms with Crippen molar-refractivity contribution >= 4 is 17.9 Å². The van der Waals surface area contributed by atoms with Gasteiger partial charge in [-0.25, -0.2) is 9.59 Å². The number of rotatable bonds is 6. The second kappa shape index (κ2) is 9.50. The fraction of sp³-hybridized carbons (Fsp3) is 0.174. The van der Waals surface area contributed by atoms with Crippen molar-refractivity contribution in [2.75, 3.05) is 6.61 Å². The van der Waals surface area contributed by atoms with Crippen LogP contribution in [0.2, 0.25) is 0 Å². The van der Waals surface area contributed by atoms with Crippen LogP contribution in [-0.2, 0) is 19.0 Å². The first-order valence-electron chi connectivity index (χ1n) is 9.07. The Labute approximate surface area is 168 Å². The summed E-state index contributed by atoms with van der Waals surface area (Å²) in [6.45, 7) is 1.16. The van der Waals surface area contributed by atoms with E-state index in [1.807, 2.05) is 0 Å². The van der Waals surface area contributed by atoms with Crippen molar-refractivity contribution in [2.45, 2.75) is 19.1 Å². The molecule has 0 N–H and O–H groups in total. The van der Waals surface area contributed by atoms with Crippen molar-refractivity contribution in [2.24, 2.45) is 0 Å². The van der Waals surface area contributed by atoms with Crippen LogP contribution < -0.4 is 0 Å². The zero-order valence-corrected chi connectivity index (χ0v) is 15.8. The molecule has 6 heteroatoms. The topological polar surface area (TPSA) is 78.9 Å². The van der Waals surface area contributed by atoms with Crippen molar-refractivity contribution < 1.29 is 28.6 Å². The van der Waals surface area contributed by atoms with Crippen LogP contribution >= 0.6 is 0 Å². The van der Waals surface area contributed by atoms with Crippen LogP contribution in [-0.4, -0.2) is 36.7 Å². The van der Waals surface area contributed by atoms with E-state index in [2.05, 4.69) is 0 Å². The van der Waals surface area contributed by atoms with E-state index in [1.165, 1.54) is 6.92 Å². The third kappa shape index (κ3) is 5.42. The van der Waals surface area contributed by atoms with E-state index < -0.39 is 30.1 Å². The Balaban J connectivity index is 1.70. The van der Waals surface area contributed by atoms with E-state index in [-0.39, 0.29) is 6.61 Å². The normalized spacial score (nSPS) is 17.8. The maximum Gasteiger partial charge on any atom is 0.338 e. The number of hydrogen-bond donors (Lipinski definition) is 0. The lowest BCUT2D eigenvalue weighted by Gasteiger charge is -2.28. The Morgan fingerprint density at radius 1 is 0.828 bits per heavy atom. The van der Waals surface area contributed by atoms with E-state index in [9.17, 15) is 14.4 Å². The number of carbonyl (C=O) groups is 3. The van der Waals surface area contributed by atoms with Crippen molar-refractivity contribution in [1.82, 2.24) is 0 Å². The Kier molecular flexibility index (Phi) is 6.58. The summed E-state index contributed by atoms with van der Waals surface area (Å²) in [6.07, 6.45) is 3.26. The molecule has 0 radical (unpaired) electrons. The molecule has 0 saturated heterocycles. The molecule has 6 nitrogen and oxygen atoms in total. The summed E-state index contributed by atoms with van der Waals surface area (Å²) in [5.41, 5.74) is 1.31. The first-order valence-corrected chi connectivity index (χ1v) is 9.07. The molecule has 3 rings (SSSR count). The molecule has 2 aromatic rings. The first-order chi connectivity index (χ1) is 14.0. The third-order valence-electron chi connectivity index (χ3n) is 4.20. The Morgan fingerprint density at radius 2 is 1.41 bits per heavy atom. The van der Waals surface area contributed by atoms with Crippen LogP contribution in [0.15, 0.2) is 84.5 Å². The number of carbonyl (C=O) groups excluding carboxylic acids is 3. The highest BCUT2D eigenvalue weighted by Crippen LogP contribution is 2.22. The van der Waals surface area contributed by atoms with E-state index in [0.717, 1.165) is 0 Å². The van der Waals surface area contributed by atoms with Gasteiger partial charge in [0.05, 0.1) is 11.1 Å². The highest BCUT2D eigenvalue weighted by molar-refractivity contribution is 5.90.